The van der Waals surface area contributed by atoms with Crippen LogP contribution in [0.5, 0.6) is 0 Å². The molecule has 0 N–H and O–H groups in total. The molecule has 4 aromatic carbocycles. The highest BCUT2D eigenvalue weighted by Gasteiger charge is 2.21. The molecule has 0 aliphatic heterocycles. The summed E-state index contributed by atoms with van der Waals surface area (Å²) in [5.41, 5.74) is 11.0. The Hall–Kier alpha value is -6.20. The van der Waals surface area contributed by atoms with E-state index in [0.29, 0.717) is 0 Å². The van der Waals surface area contributed by atoms with Gasteiger partial charge in [0.15, 0.2) is 0 Å². The van der Waals surface area contributed by atoms with Crippen LogP contribution in [0.15, 0.2) is 164 Å². The molecule has 0 atom stereocenters. The summed E-state index contributed by atoms with van der Waals surface area (Å²) in [5.74, 6) is 0.839. The molecule has 8 aromatic rings. The number of benzene rings is 4. The van der Waals surface area contributed by atoms with Crippen LogP contribution >= 0.6 is 0 Å². The van der Waals surface area contributed by atoms with Gasteiger partial charge in [-0.05, 0) is 30.3 Å². The van der Waals surface area contributed by atoms with E-state index >= 15 is 0 Å². The Labute approximate surface area is 261 Å². The van der Waals surface area contributed by atoms with E-state index < -0.39 is 0 Å². The molecule has 4 heterocycles. The number of imidazole rings is 1. The lowest BCUT2D eigenvalue weighted by atomic mass is 9.98. The summed E-state index contributed by atoms with van der Waals surface area (Å²) in [6, 6.07) is 51.4. The van der Waals surface area contributed by atoms with Gasteiger partial charge in [0.05, 0.1) is 34.0 Å². The summed E-state index contributed by atoms with van der Waals surface area (Å²) in [6.45, 7) is 0. The van der Waals surface area contributed by atoms with Gasteiger partial charge in [0.2, 0.25) is 0 Å². The van der Waals surface area contributed by atoms with Gasteiger partial charge < -0.3 is 0 Å². The van der Waals surface area contributed by atoms with Crippen molar-refractivity contribution in [3.05, 3.63) is 164 Å². The first-order valence-electron chi connectivity index (χ1n) is 14.9. The summed E-state index contributed by atoms with van der Waals surface area (Å²) in [5, 5.41) is 0. The molecule has 45 heavy (non-hydrogen) atoms. The normalized spacial score (nSPS) is 11.1. The Morgan fingerprint density at radius 2 is 0.889 bits per heavy atom. The van der Waals surface area contributed by atoms with E-state index in [2.05, 4.69) is 76.1 Å². The van der Waals surface area contributed by atoms with Crippen molar-refractivity contribution in [1.29, 1.82) is 0 Å². The molecule has 5 nitrogen and oxygen atoms in total. The zero-order valence-corrected chi connectivity index (χ0v) is 24.3. The van der Waals surface area contributed by atoms with Gasteiger partial charge in [-0.25, -0.2) is 15.0 Å². The molecule has 8 rings (SSSR count). The SMILES string of the molecule is c1ccc(-c2nc(-c3ccccc3)c(-c3cccc(-c4nc(-c5ccccn5)c5ccccn45)c3)nc2-c2ccccc2)cc1. The third kappa shape index (κ3) is 4.96. The lowest BCUT2D eigenvalue weighted by molar-refractivity contribution is 1.16. The van der Waals surface area contributed by atoms with Crippen LogP contribution in [0.25, 0.3) is 73.3 Å². The predicted octanol–water partition coefficient (Wildman–Crippen LogP) is 9.52. The third-order valence-corrected chi connectivity index (χ3v) is 7.89. The first-order valence-corrected chi connectivity index (χ1v) is 14.9. The van der Waals surface area contributed by atoms with Crippen molar-refractivity contribution in [3.8, 4) is 67.8 Å². The maximum Gasteiger partial charge on any atom is 0.145 e. The molecule has 0 bridgehead atoms. The number of aromatic nitrogens is 5. The van der Waals surface area contributed by atoms with E-state index in [1.165, 1.54) is 0 Å². The lowest BCUT2D eigenvalue weighted by Gasteiger charge is -2.16. The lowest BCUT2D eigenvalue weighted by Crippen LogP contribution is -2.01. The molecule has 0 radical (unpaired) electrons. The molecular weight excluding hydrogens is 550 g/mol. The van der Waals surface area contributed by atoms with Gasteiger partial charge in [0, 0.05) is 40.2 Å². The summed E-state index contributed by atoms with van der Waals surface area (Å²) >= 11 is 0. The minimum Gasteiger partial charge on any atom is -0.299 e. The fraction of sp³-hybridized carbons (Fsp3) is 0. The second-order valence-electron chi connectivity index (χ2n) is 10.8. The molecule has 5 heteroatoms. The topological polar surface area (TPSA) is 56.0 Å². The van der Waals surface area contributed by atoms with Crippen molar-refractivity contribution >= 4 is 5.52 Å². The van der Waals surface area contributed by atoms with Gasteiger partial charge in [-0.15, -0.1) is 0 Å². The van der Waals surface area contributed by atoms with Crippen LogP contribution in [0, 0.1) is 0 Å². The minimum atomic E-state index is 0.812. The molecule has 4 aromatic heterocycles. The summed E-state index contributed by atoms with van der Waals surface area (Å²) in [7, 11) is 0. The smallest absolute Gasteiger partial charge is 0.145 e. The second kappa shape index (κ2) is 11.5. The summed E-state index contributed by atoms with van der Waals surface area (Å²) in [4.78, 5) is 20.5. The Morgan fingerprint density at radius 3 is 1.47 bits per heavy atom. The fourth-order valence-corrected chi connectivity index (χ4v) is 5.77. The Balaban J connectivity index is 1.36. The molecule has 212 valence electrons. The molecule has 0 fully saturated rings. The van der Waals surface area contributed by atoms with Gasteiger partial charge in [-0.2, -0.15) is 0 Å². The number of nitrogens with zero attached hydrogens (tertiary/aromatic N) is 5. The zero-order valence-electron chi connectivity index (χ0n) is 24.3. The Bertz CT molecular complexity index is 2240. The minimum absolute atomic E-state index is 0.812. The highest BCUT2D eigenvalue weighted by molar-refractivity contribution is 5.88. The fourth-order valence-electron chi connectivity index (χ4n) is 5.77. The Kier molecular flexibility index (Phi) is 6.74. The maximum atomic E-state index is 5.42. The van der Waals surface area contributed by atoms with E-state index in [1.807, 2.05) is 91.1 Å². The van der Waals surface area contributed by atoms with E-state index in [1.54, 1.807) is 6.20 Å². The van der Waals surface area contributed by atoms with Gasteiger partial charge in [0.1, 0.15) is 11.5 Å². The monoisotopic (exact) mass is 577 g/mol. The van der Waals surface area contributed by atoms with E-state index in [0.717, 1.165) is 73.3 Å². The van der Waals surface area contributed by atoms with Gasteiger partial charge in [0.25, 0.3) is 0 Å². The molecule has 0 saturated heterocycles. The molecule has 0 unspecified atom stereocenters. The van der Waals surface area contributed by atoms with Crippen LogP contribution in [-0.4, -0.2) is 24.3 Å². The largest absolute Gasteiger partial charge is 0.299 e. The van der Waals surface area contributed by atoms with E-state index in [9.17, 15) is 0 Å². The molecule has 0 aliphatic carbocycles. The summed E-state index contributed by atoms with van der Waals surface area (Å²) < 4.78 is 2.13. The van der Waals surface area contributed by atoms with Crippen molar-refractivity contribution in [1.82, 2.24) is 24.3 Å². The molecule has 0 aliphatic rings. The van der Waals surface area contributed by atoms with Crippen molar-refractivity contribution < 1.29 is 0 Å². The maximum absolute atomic E-state index is 5.42. The predicted molar refractivity (Wildman–Crippen MR) is 181 cm³/mol. The van der Waals surface area contributed by atoms with Crippen LogP contribution in [-0.2, 0) is 0 Å². The zero-order chi connectivity index (χ0) is 30.0. The molecule has 0 spiro atoms. The number of rotatable bonds is 6. The van der Waals surface area contributed by atoms with Gasteiger partial charge in [-0.1, -0.05) is 121 Å². The number of hydrogen-bond acceptors (Lipinski definition) is 4. The van der Waals surface area contributed by atoms with Crippen LogP contribution in [0.4, 0.5) is 0 Å². The van der Waals surface area contributed by atoms with Gasteiger partial charge in [-0.3, -0.25) is 9.38 Å². The van der Waals surface area contributed by atoms with Crippen LogP contribution < -0.4 is 0 Å². The third-order valence-electron chi connectivity index (χ3n) is 7.89. The average Bonchev–Trinajstić information content (AvgIpc) is 3.52. The second-order valence-corrected chi connectivity index (χ2v) is 10.8. The summed E-state index contributed by atoms with van der Waals surface area (Å²) in [6.07, 6.45) is 3.85. The molecular formula is C40H27N5. The van der Waals surface area contributed by atoms with Crippen LogP contribution in [0.2, 0.25) is 0 Å². The quantitative estimate of drug-likeness (QED) is 0.197. The molecule has 0 saturated carbocycles. The van der Waals surface area contributed by atoms with E-state index in [-0.39, 0.29) is 0 Å². The van der Waals surface area contributed by atoms with Crippen molar-refractivity contribution in [2.45, 2.75) is 0 Å². The number of pyridine rings is 2. The number of fused-ring (bicyclic) bond motifs is 1. The van der Waals surface area contributed by atoms with Crippen LogP contribution in [0.3, 0.4) is 0 Å². The standard InChI is InChI=1S/C40H27N5/c1-4-15-28(16-5-1)35-36(29-17-6-2-7-18-29)43-38(37(42-35)30-19-8-3-9-20-30)31-21-14-22-32(27-31)40-44-39(33-23-10-12-25-41-33)34-24-11-13-26-45(34)40/h1-27H. The van der Waals surface area contributed by atoms with Gasteiger partial charge >= 0.3 is 0 Å². The first-order chi connectivity index (χ1) is 22.3. The molecule has 0 amide bonds. The Morgan fingerprint density at radius 1 is 0.378 bits per heavy atom. The van der Waals surface area contributed by atoms with Crippen LogP contribution in [0.1, 0.15) is 0 Å². The van der Waals surface area contributed by atoms with Crippen molar-refractivity contribution in [2.24, 2.45) is 0 Å². The van der Waals surface area contributed by atoms with E-state index in [4.69, 9.17) is 15.0 Å². The van der Waals surface area contributed by atoms with Crippen molar-refractivity contribution in [3.63, 3.8) is 0 Å². The highest BCUT2D eigenvalue weighted by atomic mass is 15.0. The average molecular weight is 578 g/mol. The van der Waals surface area contributed by atoms with Crippen molar-refractivity contribution in [2.75, 3.05) is 0 Å². The number of hydrogen-bond donors (Lipinski definition) is 0. The first kappa shape index (κ1) is 26.4. The highest BCUT2D eigenvalue weighted by Crippen LogP contribution is 2.38.